The molecule has 1 aromatic heterocycles. The topological polar surface area (TPSA) is 63.3 Å². The SMILES string of the molecule is Cc1nc(CN=C(N)Nc2ccccc2)sc1C.I. The lowest BCUT2D eigenvalue weighted by Gasteiger charge is -2.04. The highest BCUT2D eigenvalue weighted by Crippen LogP contribution is 2.17. The molecule has 102 valence electrons. The van der Waals surface area contributed by atoms with Gasteiger partial charge in [0.1, 0.15) is 5.01 Å². The number of nitrogens with two attached hydrogens (primary N) is 1. The standard InChI is InChI=1S/C13H16N4S.HI/c1-9-10(2)18-12(16-9)8-15-13(14)17-11-6-4-3-5-7-11;/h3-7H,8H2,1-2H3,(H3,14,15,17);1H. The molecule has 0 bridgehead atoms. The first-order valence-electron chi connectivity index (χ1n) is 5.70. The molecule has 1 aromatic carbocycles. The van der Waals surface area contributed by atoms with Crippen LogP contribution in [0.3, 0.4) is 0 Å². The zero-order valence-corrected chi connectivity index (χ0v) is 14.0. The van der Waals surface area contributed by atoms with E-state index in [1.807, 2.05) is 37.3 Å². The minimum atomic E-state index is 0. The van der Waals surface area contributed by atoms with E-state index in [1.54, 1.807) is 11.3 Å². The van der Waals surface area contributed by atoms with Gasteiger partial charge in [0.25, 0.3) is 0 Å². The summed E-state index contributed by atoms with van der Waals surface area (Å²) in [6.07, 6.45) is 0. The fraction of sp³-hybridized carbons (Fsp3) is 0.231. The lowest BCUT2D eigenvalue weighted by Crippen LogP contribution is -2.22. The molecule has 2 rings (SSSR count). The van der Waals surface area contributed by atoms with Gasteiger partial charge < -0.3 is 11.1 Å². The summed E-state index contributed by atoms with van der Waals surface area (Å²) in [5.74, 6) is 0.409. The molecule has 4 nitrogen and oxygen atoms in total. The molecule has 0 amide bonds. The first-order chi connectivity index (χ1) is 8.65. The Labute approximate surface area is 134 Å². The third-order valence-electron chi connectivity index (χ3n) is 2.50. The summed E-state index contributed by atoms with van der Waals surface area (Å²) in [6, 6.07) is 9.74. The fourth-order valence-electron chi connectivity index (χ4n) is 1.47. The number of aryl methyl sites for hydroxylation is 2. The Hall–Kier alpha value is -1.15. The van der Waals surface area contributed by atoms with Crippen LogP contribution in [-0.4, -0.2) is 10.9 Å². The van der Waals surface area contributed by atoms with E-state index >= 15 is 0 Å². The Morgan fingerprint density at radius 1 is 1.32 bits per heavy atom. The molecule has 0 aliphatic carbocycles. The van der Waals surface area contributed by atoms with Crippen molar-refractivity contribution in [2.24, 2.45) is 10.7 Å². The van der Waals surface area contributed by atoms with Crippen LogP contribution in [0.2, 0.25) is 0 Å². The van der Waals surface area contributed by atoms with E-state index in [2.05, 4.69) is 22.2 Å². The van der Waals surface area contributed by atoms with Gasteiger partial charge in [0, 0.05) is 10.6 Å². The van der Waals surface area contributed by atoms with E-state index in [0.717, 1.165) is 16.4 Å². The third-order valence-corrected chi connectivity index (χ3v) is 3.56. The first-order valence-corrected chi connectivity index (χ1v) is 6.51. The molecule has 0 aliphatic rings. The zero-order chi connectivity index (χ0) is 13.0. The van der Waals surface area contributed by atoms with Crippen LogP contribution in [0.4, 0.5) is 5.69 Å². The zero-order valence-electron chi connectivity index (χ0n) is 10.9. The van der Waals surface area contributed by atoms with E-state index < -0.39 is 0 Å². The molecule has 0 saturated heterocycles. The minimum Gasteiger partial charge on any atom is -0.370 e. The largest absolute Gasteiger partial charge is 0.370 e. The average Bonchev–Trinajstić information content (AvgIpc) is 2.68. The van der Waals surface area contributed by atoms with Gasteiger partial charge in [0.05, 0.1) is 12.2 Å². The number of nitrogens with zero attached hydrogens (tertiary/aromatic N) is 2. The summed E-state index contributed by atoms with van der Waals surface area (Å²) >= 11 is 1.66. The van der Waals surface area contributed by atoms with Gasteiger partial charge in [-0.2, -0.15) is 0 Å². The van der Waals surface area contributed by atoms with Crippen LogP contribution in [0.1, 0.15) is 15.6 Å². The Bertz CT molecular complexity index is 532. The lowest BCUT2D eigenvalue weighted by atomic mass is 10.3. The molecular formula is C13H17IN4S. The molecule has 19 heavy (non-hydrogen) atoms. The van der Waals surface area contributed by atoms with Gasteiger partial charge in [-0.25, -0.2) is 9.98 Å². The molecule has 0 radical (unpaired) electrons. The predicted molar refractivity (Wildman–Crippen MR) is 92.4 cm³/mol. The van der Waals surface area contributed by atoms with Crippen molar-refractivity contribution in [3.05, 3.63) is 45.9 Å². The summed E-state index contributed by atoms with van der Waals surface area (Å²) in [7, 11) is 0. The monoisotopic (exact) mass is 388 g/mol. The van der Waals surface area contributed by atoms with Crippen molar-refractivity contribution in [2.75, 3.05) is 5.32 Å². The van der Waals surface area contributed by atoms with Gasteiger partial charge in [-0.05, 0) is 26.0 Å². The Balaban J connectivity index is 0.00000180. The van der Waals surface area contributed by atoms with Crippen LogP contribution in [0, 0.1) is 13.8 Å². The summed E-state index contributed by atoms with van der Waals surface area (Å²) in [5.41, 5.74) is 7.82. The number of rotatable bonds is 3. The Kier molecular flexibility index (Phi) is 6.23. The highest BCUT2D eigenvalue weighted by atomic mass is 127. The number of aromatic nitrogens is 1. The van der Waals surface area contributed by atoms with E-state index in [9.17, 15) is 0 Å². The van der Waals surface area contributed by atoms with Crippen LogP contribution in [0.25, 0.3) is 0 Å². The second-order valence-electron chi connectivity index (χ2n) is 3.94. The van der Waals surface area contributed by atoms with Crippen molar-refractivity contribution < 1.29 is 0 Å². The van der Waals surface area contributed by atoms with Crippen LogP contribution in [-0.2, 0) is 6.54 Å². The lowest BCUT2D eigenvalue weighted by molar-refractivity contribution is 1.01. The number of halogens is 1. The molecule has 0 spiro atoms. The van der Waals surface area contributed by atoms with Crippen molar-refractivity contribution in [1.29, 1.82) is 0 Å². The molecule has 0 fully saturated rings. The van der Waals surface area contributed by atoms with Crippen LogP contribution >= 0.6 is 35.3 Å². The third kappa shape index (κ3) is 4.79. The number of benzene rings is 1. The number of nitrogens with one attached hydrogen (secondary N) is 1. The maximum absolute atomic E-state index is 5.81. The summed E-state index contributed by atoms with van der Waals surface area (Å²) < 4.78 is 0. The van der Waals surface area contributed by atoms with Crippen molar-refractivity contribution >= 4 is 47.0 Å². The molecule has 1 heterocycles. The predicted octanol–water partition coefficient (Wildman–Crippen LogP) is 3.30. The van der Waals surface area contributed by atoms with Gasteiger partial charge in [-0.15, -0.1) is 35.3 Å². The van der Waals surface area contributed by atoms with Gasteiger partial charge in [-0.3, -0.25) is 0 Å². The van der Waals surface area contributed by atoms with Gasteiger partial charge in [0.2, 0.25) is 0 Å². The summed E-state index contributed by atoms with van der Waals surface area (Å²) in [6.45, 7) is 4.58. The van der Waals surface area contributed by atoms with E-state index in [0.29, 0.717) is 12.5 Å². The van der Waals surface area contributed by atoms with Crippen molar-refractivity contribution in [1.82, 2.24) is 4.98 Å². The molecule has 0 aliphatic heterocycles. The van der Waals surface area contributed by atoms with Crippen molar-refractivity contribution in [2.45, 2.75) is 20.4 Å². The summed E-state index contributed by atoms with van der Waals surface area (Å²) in [4.78, 5) is 9.92. The highest BCUT2D eigenvalue weighted by molar-refractivity contribution is 14.0. The quantitative estimate of drug-likeness (QED) is 0.482. The van der Waals surface area contributed by atoms with Crippen LogP contribution in [0.5, 0.6) is 0 Å². The molecule has 0 atom stereocenters. The molecule has 6 heteroatoms. The van der Waals surface area contributed by atoms with E-state index in [-0.39, 0.29) is 24.0 Å². The minimum absolute atomic E-state index is 0. The Morgan fingerprint density at radius 2 is 2.00 bits per heavy atom. The van der Waals surface area contributed by atoms with Crippen LogP contribution in [0.15, 0.2) is 35.3 Å². The Morgan fingerprint density at radius 3 is 2.58 bits per heavy atom. The number of anilines is 1. The molecule has 0 unspecified atom stereocenters. The van der Waals surface area contributed by atoms with E-state index in [4.69, 9.17) is 5.73 Å². The summed E-state index contributed by atoms with van der Waals surface area (Å²) in [5, 5.41) is 4.03. The van der Waals surface area contributed by atoms with Gasteiger partial charge in [-0.1, -0.05) is 18.2 Å². The fourth-order valence-corrected chi connectivity index (χ4v) is 2.33. The van der Waals surface area contributed by atoms with Gasteiger partial charge >= 0.3 is 0 Å². The number of thiazole rings is 1. The average molecular weight is 388 g/mol. The molecular weight excluding hydrogens is 371 g/mol. The van der Waals surface area contributed by atoms with Crippen molar-refractivity contribution in [3.8, 4) is 0 Å². The number of aliphatic imine (C=N–C) groups is 1. The van der Waals surface area contributed by atoms with Crippen molar-refractivity contribution in [3.63, 3.8) is 0 Å². The van der Waals surface area contributed by atoms with Gasteiger partial charge in [0.15, 0.2) is 5.96 Å². The second-order valence-corrected chi connectivity index (χ2v) is 5.23. The highest BCUT2D eigenvalue weighted by Gasteiger charge is 2.02. The van der Waals surface area contributed by atoms with E-state index in [1.165, 1.54) is 4.88 Å². The normalized spacial score (nSPS) is 10.9. The maximum Gasteiger partial charge on any atom is 0.193 e. The molecule has 3 N–H and O–H groups in total. The maximum atomic E-state index is 5.81. The number of para-hydroxylation sites is 1. The molecule has 2 aromatic rings. The smallest absolute Gasteiger partial charge is 0.193 e. The number of hydrogen-bond donors (Lipinski definition) is 2. The molecule has 0 saturated carbocycles. The number of guanidine groups is 1. The second kappa shape index (κ2) is 7.44. The number of hydrogen-bond acceptors (Lipinski definition) is 3. The first kappa shape index (κ1) is 15.9. The van der Waals surface area contributed by atoms with Crippen LogP contribution < -0.4 is 11.1 Å².